The number of amides is 1. The van der Waals surface area contributed by atoms with Gasteiger partial charge in [-0.05, 0) is 33.7 Å². The van der Waals surface area contributed by atoms with E-state index in [9.17, 15) is 4.79 Å². The highest BCUT2D eigenvalue weighted by molar-refractivity contribution is 5.66. The Morgan fingerprint density at radius 3 is 2.60 bits per heavy atom. The molecular formula is C10H20N2O3. The first-order valence-corrected chi connectivity index (χ1v) is 5.23. The van der Waals surface area contributed by atoms with Crippen LogP contribution in [0.4, 0.5) is 4.79 Å². The third-order valence-electron chi connectivity index (χ3n) is 1.97. The van der Waals surface area contributed by atoms with Crippen LogP contribution in [0.2, 0.25) is 0 Å². The number of hydrogen-bond donors (Lipinski definition) is 1. The Kier molecular flexibility index (Phi) is 3.93. The largest absolute Gasteiger partial charge is 0.442 e. The maximum atomic E-state index is 11.5. The first-order chi connectivity index (χ1) is 6.88. The minimum absolute atomic E-state index is 0.0718. The molecule has 0 radical (unpaired) electrons. The van der Waals surface area contributed by atoms with E-state index < -0.39 is 11.7 Å². The highest BCUT2D eigenvalue weighted by Gasteiger charge is 2.24. The van der Waals surface area contributed by atoms with Crippen LogP contribution in [0.25, 0.3) is 0 Å². The minimum Gasteiger partial charge on any atom is -0.442 e. The van der Waals surface area contributed by atoms with E-state index in [2.05, 4.69) is 5.32 Å². The summed E-state index contributed by atoms with van der Waals surface area (Å²) in [7, 11) is 1.58. The number of carbonyl (C=O) groups excluding carboxylic acids is 1. The van der Waals surface area contributed by atoms with Crippen molar-refractivity contribution < 1.29 is 14.4 Å². The van der Waals surface area contributed by atoms with Gasteiger partial charge in [-0.3, -0.25) is 4.84 Å². The molecule has 1 fully saturated rings. The summed E-state index contributed by atoms with van der Waals surface area (Å²) in [5, 5.41) is 4.33. The van der Waals surface area contributed by atoms with E-state index in [0.717, 1.165) is 19.5 Å². The van der Waals surface area contributed by atoms with Gasteiger partial charge in [-0.25, -0.2) is 4.79 Å². The Bertz CT molecular complexity index is 219. The molecule has 0 aromatic rings. The standard InChI is InChI=1S/C10H20N2O3/c1-10(2,3)14-9(13)12(4)15-8-5-6-11-7-8/h8,11H,5-7H2,1-4H3. The highest BCUT2D eigenvalue weighted by atomic mass is 16.7. The molecule has 1 aliphatic rings. The fourth-order valence-corrected chi connectivity index (χ4v) is 1.31. The van der Waals surface area contributed by atoms with Crippen LogP contribution in [0.1, 0.15) is 27.2 Å². The molecule has 0 aliphatic carbocycles. The topological polar surface area (TPSA) is 50.8 Å². The smallest absolute Gasteiger partial charge is 0.434 e. The summed E-state index contributed by atoms with van der Waals surface area (Å²) in [6.45, 7) is 7.21. The summed E-state index contributed by atoms with van der Waals surface area (Å²) in [5.41, 5.74) is -0.484. The first-order valence-electron chi connectivity index (χ1n) is 5.23. The molecule has 1 aliphatic heterocycles. The molecule has 1 atom stereocenters. The average molecular weight is 216 g/mol. The predicted octanol–water partition coefficient (Wildman–Crippen LogP) is 1.15. The van der Waals surface area contributed by atoms with Gasteiger partial charge in [-0.2, -0.15) is 5.06 Å². The molecule has 1 rings (SSSR count). The third kappa shape index (κ3) is 4.48. The maximum absolute atomic E-state index is 11.5. The van der Waals surface area contributed by atoms with Crippen LogP contribution in [-0.4, -0.2) is 43.0 Å². The molecule has 0 aromatic heterocycles. The van der Waals surface area contributed by atoms with Crippen molar-refractivity contribution in [3.63, 3.8) is 0 Å². The lowest BCUT2D eigenvalue weighted by Crippen LogP contribution is -2.37. The van der Waals surface area contributed by atoms with Crippen molar-refractivity contribution in [3.05, 3.63) is 0 Å². The predicted molar refractivity (Wildman–Crippen MR) is 56.4 cm³/mol. The molecule has 0 bridgehead atoms. The molecule has 5 heteroatoms. The van der Waals surface area contributed by atoms with E-state index in [1.54, 1.807) is 7.05 Å². The molecule has 1 heterocycles. The second kappa shape index (κ2) is 4.81. The van der Waals surface area contributed by atoms with Gasteiger partial charge in [0.15, 0.2) is 0 Å². The second-order valence-electron chi connectivity index (χ2n) is 4.70. The van der Waals surface area contributed by atoms with Crippen molar-refractivity contribution in [1.29, 1.82) is 0 Å². The van der Waals surface area contributed by atoms with Gasteiger partial charge in [-0.15, -0.1) is 0 Å². The Labute approximate surface area is 90.7 Å². The van der Waals surface area contributed by atoms with Crippen LogP contribution < -0.4 is 5.32 Å². The fraction of sp³-hybridized carbons (Fsp3) is 0.900. The second-order valence-corrected chi connectivity index (χ2v) is 4.70. The van der Waals surface area contributed by atoms with Crippen LogP contribution >= 0.6 is 0 Å². The Morgan fingerprint density at radius 2 is 2.13 bits per heavy atom. The van der Waals surface area contributed by atoms with E-state index in [1.807, 2.05) is 20.8 Å². The molecule has 1 unspecified atom stereocenters. The molecule has 0 aromatic carbocycles. The van der Waals surface area contributed by atoms with Crippen molar-refractivity contribution in [2.45, 2.75) is 38.9 Å². The number of hydroxylamine groups is 2. The number of hydrogen-bond acceptors (Lipinski definition) is 4. The molecular weight excluding hydrogens is 196 g/mol. The minimum atomic E-state index is -0.484. The van der Waals surface area contributed by atoms with Crippen molar-refractivity contribution >= 4 is 6.09 Å². The zero-order valence-corrected chi connectivity index (χ0v) is 9.87. The zero-order chi connectivity index (χ0) is 11.5. The van der Waals surface area contributed by atoms with Gasteiger partial charge in [-0.1, -0.05) is 0 Å². The summed E-state index contributed by atoms with van der Waals surface area (Å²) in [4.78, 5) is 16.9. The monoisotopic (exact) mass is 216 g/mol. The van der Waals surface area contributed by atoms with Gasteiger partial charge in [0, 0.05) is 13.6 Å². The number of carbonyl (C=O) groups is 1. The van der Waals surface area contributed by atoms with Gasteiger partial charge in [0.1, 0.15) is 5.60 Å². The highest BCUT2D eigenvalue weighted by Crippen LogP contribution is 2.11. The summed E-state index contributed by atoms with van der Waals surface area (Å²) >= 11 is 0. The first kappa shape index (κ1) is 12.3. The van der Waals surface area contributed by atoms with Crippen LogP contribution in [0.3, 0.4) is 0 Å². The maximum Gasteiger partial charge on any atom is 0.434 e. The number of ether oxygens (including phenoxy) is 1. The van der Waals surface area contributed by atoms with Crippen molar-refractivity contribution in [3.8, 4) is 0 Å². The molecule has 15 heavy (non-hydrogen) atoms. The summed E-state index contributed by atoms with van der Waals surface area (Å²) in [5.74, 6) is 0. The van der Waals surface area contributed by atoms with Crippen LogP contribution in [0.5, 0.6) is 0 Å². The summed E-state index contributed by atoms with van der Waals surface area (Å²) in [6.07, 6.45) is 0.546. The third-order valence-corrected chi connectivity index (χ3v) is 1.97. The Hall–Kier alpha value is -0.810. The molecule has 0 spiro atoms. The lowest BCUT2D eigenvalue weighted by Gasteiger charge is -2.25. The van der Waals surface area contributed by atoms with Crippen molar-refractivity contribution in [2.75, 3.05) is 20.1 Å². The van der Waals surface area contributed by atoms with Crippen LogP contribution in [0, 0.1) is 0 Å². The Morgan fingerprint density at radius 1 is 1.47 bits per heavy atom. The molecule has 0 saturated carbocycles. The molecule has 88 valence electrons. The normalized spacial score (nSPS) is 21.5. The van der Waals surface area contributed by atoms with Gasteiger partial charge in [0.05, 0.1) is 6.10 Å². The number of nitrogens with zero attached hydrogens (tertiary/aromatic N) is 1. The molecule has 1 amide bonds. The van der Waals surface area contributed by atoms with Gasteiger partial charge in [0.25, 0.3) is 0 Å². The van der Waals surface area contributed by atoms with E-state index >= 15 is 0 Å². The average Bonchev–Trinajstić information content (AvgIpc) is 2.53. The SMILES string of the molecule is CN(OC1CCNC1)C(=O)OC(C)(C)C. The lowest BCUT2D eigenvalue weighted by atomic mass is 10.2. The molecule has 5 nitrogen and oxygen atoms in total. The van der Waals surface area contributed by atoms with E-state index in [-0.39, 0.29) is 6.10 Å². The van der Waals surface area contributed by atoms with E-state index in [0.29, 0.717) is 0 Å². The van der Waals surface area contributed by atoms with Gasteiger partial charge >= 0.3 is 6.09 Å². The number of rotatable bonds is 2. The number of nitrogens with one attached hydrogen (secondary N) is 1. The summed E-state index contributed by atoms with van der Waals surface area (Å²) < 4.78 is 5.15. The fourth-order valence-electron chi connectivity index (χ4n) is 1.31. The van der Waals surface area contributed by atoms with Crippen LogP contribution in [0.15, 0.2) is 0 Å². The van der Waals surface area contributed by atoms with Crippen molar-refractivity contribution in [2.24, 2.45) is 0 Å². The quantitative estimate of drug-likeness (QED) is 0.703. The van der Waals surface area contributed by atoms with Gasteiger partial charge in [0.2, 0.25) is 0 Å². The van der Waals surface area contributed by atoms with E-state index in [1.165, 1.54) is 5.06 Å². The van der Waals surface area contributed by atoms with E-state index in [4.69, 9.17) is 9.57 Å². The molecule has 1 N–H and O–H groups in total. The van der Waals surface area contributed by atoms with Gasteiger partial charge < -0.3 is 10.1 Å². The van der Waals surface area contributed by atoms with Crippen molar-refractivity contribution in [1.82, 2.24) is 10.4 Å². The van der Waals surface area contributed by atoms with Crippen LogP contribution in [-0.2, 0) is 9.57 Å². The molecule has 1 saturated heterocycles. The lowest BCUT2D eigenvalue weighted by molar-refractivity contribution is -0.161. The Balaban J connectivity index is 2.32. The zero-order valence-electron chi connectivity index (χ0n) is 9.87. The summed E-state index contributed by atoms with van der Waals surface area (Å²) in [6, 6.07) is 0.